The number of hydrogen-bond donors (Lipinski definition) is 2. The molecule has 0 radical (unpaired) electrons. The molecule has 1 fully saturated rings. The molecule has 0 bridgehead atoms. The monoisotopic (exact) mass is 412 g/mol. The van der Waals surface area contributed by atoms with E-state index in [-0.39, 0.29) is 17.8 Å². The lowest BCUT2D eigenvalue weighted by Gasteiger charge is -2.35. The molecule has 2 aromatic carbocycles. The smallest absolute Gasteiger partial charge is 0.409 e. The van der Waals surface area contributed by atoms with Crippen LogP contribution in [0, 0.1) is 12.7 Å². The highest BCUT2D eigenvalue weighted by atomic mass is 19.1. The number of nitrogens with zero attached hydrogens (tertiary/aromatic N) is 2. The summed E-state index contributed by atoms with van der Waals surface area (Å²) in [6.45, 7) is 4.43. The van der Waals surface area contributed by atoms with Crippen LogP contribution in [0.4, 0.5) is 26.2 Å². The zero-order valence-electron chi connectivity index (χ0n) is 17.1. The van der Waals surface area contributed by atoms with E-state index in [0.717, 1.165) is 11.3 Å². The summed E-state index contributed by atoms with van der Waals surface area (Å²) in [5.74, 6) is -0.482. The summed E-state index contributed by atoms with van der Waals surface area (Å²) in [5.41, 5.74) is 3.86. The molecule has 0 aliphatic carbocycles. The van der Waals surface area contributed by atoms with Gasteiger partial charge in [-0.1, -0.05) is 12.1 Å². The molecule has 7 nitrogen and oxygen atoms in total. The van der Waals surface area contributed by atoms with Gasteiger partial charge in [-0.3, -0.25) is 4.79 Å². The molecular weight excluding hydrogens is 387 g/mol. The fourth-order valence-electron chi connectivity index (χ4n) is 4.01. The maximum absolute atomic E-state index is 14.1. The van der Waals surface area contributed by atoms with Gasteiger partial charge in [0.25, 0.3) is 0 Å². The summed E-state index contributed by atoms with van der Waals surface area (Å²) in [7, 11) is 1.38. The van der Waals surface area contributed by atoms with Crippen molar-refractivity contribution in [1.29, 1.82) is 0 Å². The minimum Gasteiger partial charge on any atom is -0.453 e. The number of halogens is 1. The quantitative estimate of drug-likeness (QED) is 0.811. The van der Waals surface area contributed by atoms with E-state index in [0.29, 0.717) is 49.5 Å². The standard InChI is InChI=1S/C22H25FN4O3/c1-14-6-7-18(23)17-13-19(25-20(14)17)21(28)24-15-4-3-5-16(12-15)26-8-10-27(11-9-26)22(29)30-2/h3-7,12,19,25H,8-11,13H2,1-2H3,(H,24,28). The summed E-state index contributed by atoms with van der Waals surface area (Å²) >= 11 is 0. The van der Waals surface area contributed by atoms with Crippen molar-refractivity contribution in [3.05, 3.63) is 53.3 Å². The Morgan fingerprint density at radius 1 is 1.17 bits per heavy atom. The maximum atomic E-state index is 14.1. The number of methoxy groups -OCH3 is 1. The average Bonchev–Trinajstić information content (AvgIpc) is 3.23. The third-order valence-electron chi connectivity index (χ3n) is 5.70. The molecule has 1 unspecified atom stereocenters. The Morgan fingerprint density at radius 2 is 1.93 bits per heavy atom. The second-order valence-electron chi connectivity index (χ2n) is 7.60. The molecule has 1 saturated heterocycles. The van der Waals surface area contributed by atoms with E-state index >= 15 is 0 Å². The number of nitrogens with one attached hydrogen (secondary N) is 2. The summed E-state index contributed by atoms with van der Waals surface area (Å²) in [6.07, 6.45) is 0.0107. The van der Waals surface area contributed by atoms with Crippen molar-refractivity contribution < 1.29 is 18.7 Å². The SMILES string of the molecule is COC(=O)N1CCN(c2cccc(NC(=O)C3Cc4c(F)ccc(C)c4N3)c2)CC1. The second kappa shape index (κ2) is 8.22. The molecule has 2 N–H and O–H groups in total. The van der Waals surface area contributed by atoms with Gasteiger partial charge in [0, 0.05) is 55.2 Å². The largest absolute Gasteiger partial charge is 0.453 e. The van der Waals surface area contributed by atoms with E-state index in [1.54, 1.807) is 11.0 Å². The van der Waals surface area contributed by atoms with E-state index in [1.165, 1.54) is 13.2 Å². The lowest BCUT2D eigenvalue weighted by molar-refractivity contribution is -0.116. The molecule has 4 rings (SSSR count). The zero-order chi connectivity index (χ0) is 21.3. The summed E-state index contributed by atoms with van der Waals surface area (Å²) in [5, 5.41) is 6.09. The Balaban J connectivity index is 1.39. The lowest BCUT2D eigenvalue weighted by atomic mass is 10.1. The van der Waals surface area contributed by atoms with Gasteiger partial charge in [0.2, 0.25) is 5.91 Å². The Bertz CT molecular complexity index is 942. The first-order valence-electron chi connectivity index (χ1n) is 9.99. The first kappa shape index (κ1) is 20.0. The summed E-state index contributed by atoms with van der Waals surface area (Å²) in [6, 6.07) is 10.3. The Morgan fingerprint density at radius 3 is 2.63 bits per heavy atom. The molecular formula is C22H25FN4O3. The number of benzene rings is 2. The molecule has 0 saturated carbocycles. The molecule has 2 aromatic rings. The number of hydrogen-bond acceptors (Lipinski definition) is 5. The van der Waals surface area contributed by atoms with Gasteiger partial charge in [0.05, 0.1) is 7.11 Å². The highest BCUT2D eigenvalue weighted by Crippen LogP contribution is 2.32. The molecule has 0 spiro atoms. The molecule has 2 heterocycles. The third-order valence-corrected chi connectivity index (χ3v) is 5.70. The van der Waals surface area contributed by atoms with Gasteiger partial charge in [-0.15, -0.1) is 0 Å². The van der Waals surface area contributed by atoms with Crippen molar-refractivity contribution in [1.82, 2.24) is 4.90 Å². The van der Waals surface area contributed by atoms with Gasteiger partial charge in [-0.25, -0.2) is 9.18 Å². The van der Waals surface area contributed by atoms with Gasteiger partial charge < -0.3 is 25.2 Å². The van der Waals surface area contributed by atoms with Crippen LogP contribution >= 0.6 is 0 Å². The van der Waals surface area contributed by atoms with Crippen molar-refractivity contribution >= 4 is 29.1 Å². The molecule has 158 valence electrons. The fraction of sp³-hybridized carbons (Fsp3) is 0.364. The topological polar surface area (TPSA) is 73.9 Å². The minimum absolute atomic E-state index is 0.197. The molecule has 1 atom stereocenters. The normalized spacial score (nSPS) is 17.9. The molecule has 2 aliphatic heterocycles. The zero-order valence-corrected chi connectivity index (χ0v) is 17.1. The highest BCUT2D eigenvalue weighted by molar-refractivity contribution is 5.98. The lowest BCUT2D eigenvalue weighted by Crippen LogP contribution is -2.48. The van der Waals surface area contributed by atoms with Gasteiger partial charge in [0.15, 0.2) is 0 Å². The van der Waals surface area contributed by atoms with Crippen molar-refractivity contribution in [3.8, 4) is 0 Å². The first-order valence-corrected chi connectivity index (χ1v) is 9.99. The number of piperazine rings is 1. The van der Waals surface area contributed by atoms with Crippen LogP contribution in [0.15, 0.2) is 36.4 Å². The number of fused-ring (bicyclic) bond motifs is 1. The van der Waals surface area contributed by atoms with Crippen molar-refractivity contribution in [2.45, 2.75) is 19.4 Å². The molecule has 0 aromatic heterocycles. The summed E-state index contributed by atoms with van der Waals surface area (Å²) < 4.78 is 18.9. The maximum Gasteiger partial charge on any atom is 0.409 e. The number of amides is 2. The van der Waals surface area contributed by atoms with Gasteiger partial charge in [-0.2, -0.15) is 0 Å². The van der Waals surface area contributed by atoms with E-state index in [9.17, 15) is 14.0 Å². The minimum atomic E-state index is -0.511. The molecule has 30 heavy (non-hydrogen) atoms. The van der Waals surface area contributed by atoms with Crippen molar-refractivity contribution in [2.24, 2.45) is 0 Å². The van der Waals surface area contributed by atoms with Crippen molar-refractivity contribution in [2.75, 3.05) is 48.8 Å². The van der Waals surface area contributed by atoms with Crippen LogP contribution in [0.25, 0.3) is 0 Å². The van der Waals surface area contributed by atoms with Crippen LogP contribution in [0.5, 0.6) is 0 Å². The molecule has 2 amide bonds. The number of rotatable bonds is 3. The van der Waals surface area contributed by atoms with Crippen LogP contribution < -0.4 is 15.5 Å². The van der Waals surface area contributed by atoms with Gasteiger partial charge in [0.1, 0.15) is 11.9 Å². The van der Waals surface area contributed by atoms with E-state index in [2.05, 4.69) is 15.5 Å². The molecule has 2 aliphatic rings. The number of aryl methyl sites for hydroxylation is 1. The Labute approximate surface area is 174 Å². The average molecular weight is 412 g/mol. The predicted molar refractivity (Wildman–Crippen MR) is 114 cm³/mol. The van der Waals surface area contributed by atoms with Crippen LogP contribution in [0.2, 0.25) is 0 Å². The van der Waals surface area contributed by atoms with Crippen LogP contribution in [-0.4, -0.2) is 56.2 Å². The third kappa shape index (κ3) is 3.90. The number of carbonyl (C=O) groups is 2. The highest BCUT2D eigenvalue weighted by Gasteiger charge is 2.30. The van der Waals surface area contributed by atoms with Crippen molar-refractivity contribution in [3.63, 3.8) is 0 Å². The summed E-state index contributed by atoms with van der Waals surface area (Å²) in [4.78, 5) is 28.3. The number of ether oxygens (including phenoxy) is 1. The molecule has 8 heteroatoms. The number of carbonyl (C=O) groups excluding carboxylic acids is 2. The van der Waals surface area contributed by atoms with E-state index < -0.39 is 6.04 Å². The van der Waals surface area contributed by atoms with Gasteiger partial charge >= 0.3 is 6.09 Å². The fourth-order valence-corrected chi connectivity index (χ4v) is 4.01. The van der Waals surface area contributed by atoms with Crippen LogP contribution in [0.1, 0.15) is 11.1 Å². The van der Waals surface area contributed by atoms with Crippen LogP contribution in [0.3, 0.4) is 0 Å². The second-order valence-corrected chi connectivity index (χ2v) is 7.60. The number of anilines is 3. The predicted octanol–water partition coefficient (Wildman–Crippen LogP) is 3.00. The van der Waals surface area contributed by atoms with E-state index in [4.69, 9.17) is 4.74 Å². The van der Waals surface area contributed by atoms with Gasteiger partial charge in [-0.05, 0) is 36.8 Å². The van der Waals surface area contributed by atoms with E-state index in [1.807, 2.05) is 31.2 Å². The van der Waals surface area contributed by atoms with Crippen LogP contribution in [-0.2, 0) is 16.0 Å². The Hall–Kier alpha value is -3.29. The first-order chi connectivity index (χ1) is 14.5. The Kier molecular flexibility index (Phi) is 5.48.